The molecular formula is C15H22N2O2. The van der Waals surface area contributed by atoms with Gasteiger partial charge in [0.2, 0.25) is 5.91 Å². The van der Waals surface area contributed by atoms with Gasteiger partial charge in [0.15, 0.2) is 0 Å². The maximum atomic E-state index is 12.1. The second-order valence-corrected chi connectivity index (χ2v) is 5.03. The van der Waals surface area contributed by atoms with Gasteiger partial charge >= 0.3 is 0 Å². The highest BCUT2D eigenvalue weighted by Gasteiger charge is 2.22. The predicted molar refractivity (Wildman–Crippen MR) is 74.9 cm³/mol. The average molecular weight is 262 g/mol. The molecule has 0 bridgehead atoms. The summed E-state index contributed by atoms with van der Waals surface area (Å²) in [6.07, 6.45) is 0. The van der Waals surface area contributed by atoms with Crippen LogP contribution in [0.2, 0.25) is 0 Å². The zero-order chi connectivity index (χ0) is 13.7. The number of rotatable bonds is 4. The molecule has 0 saturated carbocycles. The van der Waals surface area contributed by atoms with Crippen molar-refractivity contribution in [2.24, 2.45) is 0 Å². The lowest BCUT2D eigenvalue weighted by Crippen LogP contribution is -2.49. The van der Waals surface area contributed by atoms with Gasteiger partial charge in [-0.15, -0.1) is 0 Å². The zero-order valence-corrected chi connectivity index (χ0v) is 11.7. The fraction of sp³-hybridized carbons (Fsp3) is 0.533. The SMILES string of the molecule is Cc1ccc(CNC(=O)[C@@H](C)N2CCOCC2)cc1. The maximum Gasteiger partial charge on any atom is 0.237 e. The third kappa shape index (κ3) is 4.04. The van der Waals surface area contributed by atoms with Crippen LogP contribution in [-0.4, -0.2) is 43.2 Å². The summed E-state index contributed by atoms with van der Waals surface area (Å²) >= 11 is 0. The van der Waals surface area contributed by atoms with E-state index in [1.165, 1.54) is 5.56 Å². The Morgan fingerprint density at radius 1 is 1.32 bits per heavy atom. The topological polar surface area (TPSA) is 41.6 Å². The number of benzene rings is 1. The van der Waals surface area contributed by atoms with E-state index in [1.807, 2.05) is 6.92 Å². The summed E-state index contributed by atoms with van der Waals surface area (Å²) in [7, 11) is 0. The van der Waals surface area contributed by atoms with E-state index in [4.69, 9.17) is 4.74 Å². The monoisotopic (exact) mass is 262 g/mol. The van der Waals surface area contributed by atoms with Gasteiger partial charge in [-0.25, -0.2) is 0 Å². The molecule has 1 aliphatic rings. The van der Waals surface area contributed by atoms with E-state index >= 15 is 0 Å². The molecule has 4 heteroatoms. The van der Waals surface area contributed by atoms with Crippen LogP contribution in [0.3, 0.4) is 0 Å². The normalized spacial score (nSPS) is 18.0. The Balaban J connectivity index is 1.81. The molecule has 104 valence electrons. The summed E-state index contributed by atoms with van der Waals surface area (Å²) < 4.78 is 5.30. The minimum atomic E-state index is -0.0886. The molecule has 1 fully saturated rings. The van der Waals surface area contributed by atoms with E-state index in [0.29, 0.717) is 6.54 Å². The molecule has 1 atom stereocenters. The first-order valence-electron chi connectivity index (χ1n) is 6.82. The maximum absolute atomic E-state index is 12.1. The molecule has 2 rings (SSSR count). The first-order chi connectivity index (χ1) is 9.16. The number of carbonyl (C=O) groups is 1. The van der Waals surface area contributed by atoms with Crippen LogP contribution in [0.15, 0.2) is 24.3 Å². The first kappa shape index (κ1) is 14.0. The fourth-order valence-electron chi connectivity index (χ4n) is 2.17. The molecule has 0 spiro atoms. The molecule has 0 unspecified atom stereocenters. The molecule has 1 aromatic rings. The van der Waals surface area contributed by atoms with Crippen LogP contribution in [0, 0.1) is 6.92 Å². The lowest BCUT2D eigenvalue weighted by molar-refractivity contribution is -0.127. The summed E-state index contributed by atoms with van der Waals surface area (Å²) in [5.74, 6) is 0.0856. The molecule has 1 saturated heterocycles. The molecule has 0 aliphatic carbocycles. The van der Waals surface area contributed by atoms with E-state index in [-0.39, 0.29) is 11.9 Å². The number of amides is 1. The second kappa shape index (κ2) is 6.68. The van der Waals surface area contributed by atoms with E-state index in [1.54, 1.807) is 0 Å². The van der Waals surface area contributed by atoms with Gasteiger partial charge in [0.1, 0.15) is 0 Å². The van der Waals surface area contributed by atoms with Crippen molar-refractivity contribution >= 4 is 5.91 Å². The number of carbonyl (C=O) groups excluding carboxylic acids is 1. The van der Waals surface area contributed by atoms with Crippen LogP contribution < -0.4 is 5.32 Å². The van der Waals surface area contributed by atoms with E-state index in [0.717, 1.165) is 31.9 Å². The molecule has 1 aliphatic heterocycles. The molecule has 4 nitrogen and oxygen atoms in total. The largest absolute Gasteiger partial charge is 0.379 e. The van der Waals surface area contributed by atoms with Crippen LogP contribution in [-0.2, 0) is 16.1 Å². The van der Waals surface area contributed by atoms with Crippen molar-refractivity contribution in [3.63, 3.8) is 0 Å². The summed E-state index contributed by atoms with van der Waals surface area (Å²) in [6, 6.07) is 8.14. The van der Waals surface area contributed by atoms with Gasteiger partial charge in [0.25, 0.3) is 0 Å². The standard InChI is InChI=1S/C15H22N2O2/c1-12-3-5-14(6-4-12)11-16-15(18)13(2)17-7-9-19-10-8-17/h3-6,13H,7-11H2,1-2H3,(H,16,18)/t13-/m1/s1. The van der Waals surface area contributed by atoms with E-state index < -0.39 is 0 Å². The molecule has 1 N–H and O–H groups in total. The van der Waals surface area contributed by atoms with Gasteiger partial charge < -0.3 is 10.1 Å². The molecule has 0 aromatic heterocycles. The Kier molecular flexibility index (Phi) is 4.93. The number of morpholine rings is 1. The van der Waals surface area contributed by atoms with Crippen LogP contribution >= 0.6 is 0 Å². The lowest BCUT2D eigenvalue weighted by Gasteiger charge is -2.31. The highest BCUT2D eigenvalue weighted by atomic mass is 16.5. The molecule has 1 aromatic carbocycles. The van der Waals surface area contributed by atoms with Crippen molar-refractivity contribution in [2.45, 2.75) is 26.4 Å². The van der Waals surface area contributed by atoms with Crippen molar-refractivity contribution in [3.05, 3.63) is 35.4 Å². The number of ether oxygens (including phenoxy) is 1. The Bertz CT molecular complexity index is 411. The lowest BCUT2D eigenvalue weighted by atomic mass is 10.1. The summed E-state index contributed by atoms with van der Waals surface area (Å²) in [6.45, 7) is 7.70. The highest BCUT2D eigenvalue weighted by Crippen LogP contribution is 2.05. The van der Waals surface area contributed by atoms with Gasteiger partial charge in [-0.05, 0) is 19.4 Å². The molecule has 19 heavy (non-hydrogen) atoms. The Labute approximate surface area is 114 Å². The van der Waals surface area contributed by atoms with Gasteiger partial charge in [-0.1, -0.05) is 29.8 Å². The van der Waals surface area contributed by atoms with Gasteiger partial charge in [0.05, 0.1) is 19.3 Å². The third-order valence-corrected chi connectivity index (χ3v) is 3.56. The second-order valence-electron chi connectivity index (χ2n) is 5.03. The van der Waals surface area contributed by atoms with E-state index in [2.05, 4.69) is 41.4 Å². The van der Waals surface area contributed by atoms with Gasteiger partial charge in [-0.3, -0.25) is 9.69 Å². The summed E-state index contributed by atoms with van der Waals surface area (Å²) in [5, 5.41) is 2.99. The van der Waals surface area contributed by atoms with Crippen LogP contribution in [0.4, 0.5) is 0 Å². The highest BCUT2D eigenvalue weighted by molar-refractivity contribution is 5.81. The predicted octanol–water partition coefficient (Wildman–Crippen LogP) is 1.33. The Hall–Kier alpha value is -1.39. The Morgan fingerprint density at radius 2 is 1.95 bits per heavy atom. The molecule has 1 amide bonds. The van der Waals surface area contributed by atoms with Crippen molar-refractivity contribution in [3.8, 4) is 0 Å². The number of aryl methyl sites for hydroxylation is 1. The fourth-order valence-corrected chi connectivity index (χ4v) is 2.17. The first-order valence-corrected chi connectivity index (χ1v) is 6.82. The van der Waals surface area contributed by atoms with Crippen LogP contribution in [0.5, 0.6) is 0 Å². The van der Waals surface area contributed by atoms with Crippen LogP contribution in [0.25, 0.3) is 0 Å². The number of nitrogens with one attached hydrogen (secondary N) is 1. The number of nitrogens with zero attached hydrogens (tertiary/aromatic N) is 1. The molecular weight excluding hydrogens is 240 g/mol. The third-order valence-electron chi connectivity index (χ3n) is 3.56. The van der Waals surface area contributed by atoms with Crippen molar-refractivity contribution in [1.29, 1.82) is 0 Å². The number of hydrogen-bond donors (Lipinski definition) is 1. The summed E-state index contributed by atoms with van der Waals surface area (Å²) in [4.78, 5) is 14.2. The Morgan fingerprint density at radius 3 is 2.58 bits per heavy atom. The van der Waals surface area contributed by atoms with Gasteiger partial charge in [-0.2, -0.15) is 0 Å². The minimum absolute atomic E-state index is 0.0856. The van der Waals surface area contributed by atoms with Crippen LogP contribution in [0.1, 0.15) is 18.1 Å². The molecule has 0 radical (unpaired) electrons. The van der Waals surface area contributed by atoms with Crippen molar-refractivity contribution in [1.82, 2.24) is 10.2 Å². The van der Waals surface area contributed by atoms with E-state index in [9.17, 15) is 4.79 Å². The summed E-state index contributed by atoms with van der Waals surface area (Å²) in [5.41, 5.74) is 2.37. The zero-order valence-electron chi connectivity index (χ0n) is 11.7. The smallest absolute Gasteiger partial charge is 0.237 e. The van der Waals surface area contributed by atoms with Crippen molar-refractivity contribution in [2.75, 3.05) is 26.3 Å². The molecule has 1 heterocycles. The average Bonchev–Trinajstić information content (AvgIpc) is 2.46. The minimum Gasteiger partial charge on any atom is -0.379 e. The number of hydrogen-bond acceptors (Lipinski definition) is 3. The van der Waals surface area contributed by atoms with Gasteiger partial charge in [0, 0.05) is 19.6 Å². The van der Waals surface area contributed by atoms with Crippen molar-refractivity contribution < 1.29 is 9.53 Å². The quantitative estimate of drug-likeness (QED) is 0.890.